The molecule has 0 radical (unpaired) electrons. The molecule has 0 saturated carbocycles. The number of esters is 1. The Balaban J connectivity index is 3.16. The van der Waals surface area contributed by atoms with E-state index in [0.29, 0.717) is 0 Å². The fourth-order valence-corrected chi connectivity index (χ4v) is 1.28. The lowest BCUT2D eigenvalue weighted by Crippen LogP contribution is -2.13. The summed E-state index contributed by atoms with van der Waals surface area (Å²) >= 11 is 0. The molecule has 0 aliphatic rings. The largest absolute Gasteiger partial charge is 0.475 e. The molecule has 1 aromatic heterocycles. The maximum atomic E-state index is 12.6. The van der Waals surface area contributed by atoms with Crippen molar-refractivity contribution in [2.45, 2.75) is 26.1 Å². The second kappa shape index (κ2) is 6.40. The summed E-state index contributed by atoms with van der Waals surface area (Å²) in [5, 5.41) is 0. The maximum absolute atomic E-state index is 12.6. The molecule has 0 saturated heterocycles. The number of hydrogen-bond acceptors (Lipinski definition) is 4. The van der Waals surface area contributed by atoms with Crippen LogP contribution in [0.5, 0.6) is 5.88 Å². The molecule has 0 aromatic carbocycles. The predicted octanol–water partition coefficient (Wildman–Crippen LogP) is 3.07. The summed E-state index contributed by atoms with van der Waals surface area (Å²) in [6.45, 7) is 3.32. The molecule has 20 heavy (non-hydrogen) atoms. The second-order valence-corrected chi connectivity index (χ2v) is 4.11. The molecule has 0 unspecified atom stereocenters. The number of hydrogen-bond donors (Lipinski definition) is 0. The zero-order chi connectivity index (χ0) is 15.3. The molecule has 1 rings (SSSR count). The van der Waals surface area contributed by atoms with Gasteiger partial charge in [0, 0.05) is 11.6 Å². The van der Waals surface area contributed by atoms with E-state index < -0.39 is 17.8 Å². The number of halogens is 3. The van der Waals surface area contributed by atoms with Crippen molar-refractivity contribution < 1.29 is 27.4 Å². The molecule has 4 nitrogen and oxygen atoms in total. The molecule has 110 valence electrons. The van der Waals surface area contributed by atoms with Crippen LogP contribution in [0.25, 0.3) is 6.08 Å². The van der Waals surface area contributed by atoms with Crippen molar-refractivity contribution in [3.63, 3.8) is 0 Å². The molecule has 0 spiro atoms. The number of carbonyl (C=O) groups is 1. The first kappa shape index (κ1) is 16.0. The van der Waals surface area contributed by atoms with E-state index in [0.717, 1.165) is 12.1 Å². The van der Waals surface area contributed by atoms with Crippen molar-refractivity contribution in [3.8, 4) is 5.88 Å². The summed E-state index contributed by atoms with van der Waals surface area (Å²) in [6.07, 6.45) is -2.54. The van der Waals surface area contributed by atoms with Crippen LogP contribution in [-0.2, 0) is 15.7 Å². The Hall–Kier alpha value is -2.05. The Kier molecular flexibility index (Phi) is 5.12. The van der Waals surface area contributed by atoms with Crippen LogP contribution in [0.2, 0.25) is 0 Å². The highest BCUT2D eigenvalue weighted by Gasteiger charge is 2.33. The fourth-order valence-electron chi connectivity index (χ4n) is 1.28. The van der Waals surface area contributed by atoms with Crippen molar-refractivity contribution in [1.82, 2.24) is 4.98 Å². The van der Waals surface area contributed by atoms with Crippen LogP contribution >= 0.6 is 0 Å². The number of methoxy groups -OCH3 is 1. The van der Waals surface area contributed by atoms with Crippen LogP contribution in [0.15, 0.2) is 18.2 Å². The summed E-state index contributed by atoms with van der Waals surface area (Å²) in [7, 11) is 1.20. The third-order valence-corrected chi connectivity index (χ3v) is 2.13. The van der Waals surface area contributed by atoms with Gasteiger partial charge in [0.2, 0.25) is 5.88 Å². The zero-order valence-electron chi connectivity index (χ0n) is 11.2. The third-order valence-electron chi connectivity index (χ3n) is 2.13. The standard InChI is InChI=1S/C13H14F3NO3/c1-8(2)20-12-9(5-7-11(18)19-3)4-6-10(17-12)13(14,15)16/h4-8H,1-3H3. The molecule has 0 N–H and O–H groups in total. The van der Waals surface area contributed by atoms with Crippen molar-refractivity contribution in [3.05, 3.63) is 29.5 Å². The number of carbonyl (C=O) groups excluding carboxylic acids is 1. The maximum Gasteiger partial charge on any atom is 0.433 e. The minimum Gasteiger partial charge on any atom is -0.475 e. The molecule has 1 aromatic rings. The lowest BCUT2D eigenvalue weighted by atomic mass is 10.2. The summed E-state index contributed by atoms with van der Waals surface area (Å²) in [5.74, 6) is -0.810. The number of pyridine rings is 1. The quantitative estimate of drug-likeness (QED) is 0.631. The minimum atomic E-state index is -4.56. The molecule has 0 bridgehead atoms. The Labute approximate surface area is 114 Å². The monoisotopic (exact) mass is 289 g/mol. The molecule has 1 heterocycles. The lowest BCUT2D eigenvalue weighted by molar-refractivity contribution is -0.141. The van der Waals surface area contributed by atoms with Crippen LogP contribution in [-0.4, -0.2) is 24.2 Å². The van der Waals surface area contributed by atoms with Gasteiger partial charge in [-0.3, -0.25) is 0 Å². The van der Waals surface area contributed by atoms with E-state index in [9.17, 15) is 18.0 Å². The van der Waals surface area contributed by atoms with Crippen molar-refractivity contribution in [2.75, 3.05) is 7.11 Å². The first-order chi connectivity index (χ1) is 9.24. The Morgan fingerprint density at radius 2 is 2.00 bits per heavy atom. The van der Waals surface area contributed by atoms with E-state index in [2.05, 4.69) is 9.72 Å². The van der Waals surface area contributed by atoms with Gasteiger partial charge in [0.25, 0.3) is 0 Å². The van der Waals surface area contributed by atoms with Crippen LogP contribution < -0.4 is 4.74 Å². The fraction of sp³-hybridized carbons (Fsp3) is 0.385. The first-order valence-electron chi connectivity index (χ1n) is 5.75. The van der Waals surface area contributed by atoms with E-state index in [1.165, 1.54) is 19.3 Å². The number of aromatic nitrogens is 1. The van der Waals surface area contributed by atoms with Crippen molar-refractivity contribution in [1.29, 1.82) is 0 Å². The van der Waals surface area contributed by atoms with Crippen molar-refractivity contribution >= 4 is 12.0 Å². The second-order valence-electron chi connectivity index (χ2n) is 4.11. The normalized spacial score (nSPS) is 11.9. The van der Waals surface area contributed by atoms with Gasteiger partial charge in [-0.1, -0.05) is 0 Å². The minimum absolute atomic E-state index is 0.185. The lowest BCUT2D eigenvalue weighted by Gasteiger charge is -2.13. The number of alkyl halides is 3. The predicted molar refractivity (Wildman–Crippen MR) is 66.1 cm³/mol. The van der Waals surface area contributed by atoms with Crippen LogP contribution in [0.3, 0.4) is 0 Å². The average molecular weight is 289 g/mol. The van der Waals surface area contributed by atoms with Gasteiger partial charge in [-0.25, -0.2) is 9.78 Å². The van der Waals surface area contributed by atoms with Crippen molar-refractivity contribution in [2.24, 2.45) is 0 Å². The molecule has 0 aliphatic heterocycles. The van der Waals surface area contributed by atoms with Gasteiger partial charge in [0.15, 0.2) is 0 Å². The summed E-state index contributed by atoms with van der Waals surface area (Å²) in [6, 6.07) is 2.01. The van der Waals surface area contributed by atoms with E-state index in [1.807, 2.05) is 0 Å². The van der Waals surface area contributed by atoms with Gasteiger partial charge in [-0.2, -0.15) is 13.2 Å². The van der Waals surface area contributed by atoms with E-state index >= 15 is 0 Å². The highest BCUT2D eigenvalue weighted by molar-refractivity contribution is 5.87. The molecule has 0 fully saturated rings. The summed E-state index contributed by atoms with van der Waals surface area (Å²) in [5.41, 5.74) is -0.791. The number of nitrogens with zero attached hydrogens (tertiary/aromatic N) is 1. The molecule has 0 atom stereocenters. The van der Waals surface area contributed by atoms with Gasteiger partial charge in [-0.15, -0.1) is 0 Å². The van der Waals surface area contributed by atoms with E-state index in [-0.39, 0.29) is 17.5 Å². The number of rotatable bonds is 4. The van der Waals surface area contributed by atoms with Gasteiger partial charge in [-0.05, 0) is 32.1 Å². The van der Waals surface area contributed by atoms with Gasteiger partial charge >= 0.3 is 12.1 Å². The van der Waals surface area contributed by atoms with E-state index in [1.54, 1.807) is 13.8 Å². The topological polar surface area (TPSA) is 48.4 Å². The first-order valence-corrected chi connectivity index (χ1v) is 5.75. The summed E-state index contributed by atoms with van der Waals surface area (Å²) in [4.78, 5) is 14.4. The highest BCUT2D eigenvalue weighted by atomic mass is 19.4. The van der Waals surface area contributed by atoms with Crippen LogP contribution in [0.4, 0.5) is 13.2 Å². The third kappa shape index (κ3) is 4.56. The van der Waals surface area contributed by atoms with Crippen LogP contribution in [0, 0.1) is 0 Å². The molecule has 0 amide bonds. The zero-order valence-corrected chi connectivity index (χ0v) is 11.2. The Bertz CT molecular complexity index is 510. The summed E-state index contributed by atoms with van der Waals surface area (Å²) < 4.78 is 47.4. The average Bonchev–Trinajstić information content (AvgIpc) is 2.34. The highest BCUT2D eigenvalue weighted by Crippen LogP contribution is 2.30. The number of ether oxygens (including phenoxy) is 2. The SMILES string of the molecule is COC(=O)C=Cc1ccc(C(F)(F)F)nc1OC(C)C. The molecular formula is C13H14F3NO3. The van der Waals surface area contributed by atoms with Gasteiger partial charge in [0.1, 0.15) is 5.69 Å². The Morgan fingerprint density at radius 3 is 2.50 bits per heavy atom. The molecular weight excluding hydrogens is 275 g/mol. The smallest absolute Gasteiger partial charge is 0.433 e. The van der Waals surface area contributed by atoms with E-state index in [4.69, 9.17) is 4.74 Å². The van der Waals surface area contributed by atoms with Gasteiger partial charge < -0.3 is 9.47 Å². The van der Waals surface area contributed by atoms with Gasteiger partial charge in [0.05, 0.1) is 13.2 Å². The molecule has 7 heteroatoms. The Morgan fingerprint density at radius 1 is 1.35 bits per heavy atom. The molecule has 0 aliphatic carbocycles. The van der Waals surface area contributed by atoms with Crippen LogP contribution in [0.1, 0.15) is 25.1 Å².